The second-order valence-electron chi connectivity index (χ2n) is 3.59. The minimum absolute atomic E-state index is 0.287. The molecule has 0 spiro atoms. The molecule has 0 aromatic rings. The van der Waals surface area contributed by atoms with Crippen molar-refractivity contribution in [3.63, 3.8) is 0 Å². The second kappa shape index (κ2) is 3.81. The zero-order valence-electron chi connectivity index (χ0n) is 8.96. The first-order valence-corrected chi connectivity index (χ1v) is 5.00. The molecule has 0 saturated heterocycles. The van der Waals surface area contributed by atoms with Crippen LogP contribution in [0, 0.1) is 0 Å². The fraction of sp³-hybridized carbons (Fsp3) is 0.455. The summed E-state index contributed by atoms with van der Waals surface area (Å²) in [6.45, 7) is 8.19. The highest BCUT2D eigenvalue weighted by Gasteiger charge is 2.52. The summed E-state index contributed by atoms with van der Waals surface area (Å²) >= 11 is 6.09. The Morgan fingerprint density at radius 1 is 1.60 bits per heavy atom. The lowest BCUT2D eigenvalue weighted by Crippen LogP contribution is -2.45. The molecule has 0 aliphatic heterocycles. The van der Waals surface area contributed by atoms with E-state index in [1.807, 2.05) is 0 Å². The maximum absolute atomic E-state index is 11.9. The molecule has 0 fully saturated rings. The number of rotatable bonds is 2. The van der Waals surface area contributed by atoms with Gasteiger partial charge in [-0.25, -0.2) is 0 Å². The highest BCUT2D eigenvalue weighted by molar-refractivity contribution is 6.29. The Balaban J connectivity index is 3.20. The zero-order chi connectivity index (χ0) is 11.8. The Morgan fingerprint density at radius 2 is 2.13 bits per heavy atom. The van der Waals surface area contributed by atoms with Gasteiger partial charge >= 0.3 is 5.97 Å². The van der Waals surface area contributed by atoms with Gasteiger partial charge in [-0.2, -0.15) is 0 Å². The van der Waals surface area contributed by atoms with Crippen molar-refractivity contribution in [1.29, 1.82) is 0 Å². The summed E-state index contributed by atoms with van der Waals surface area (Å²) in [6.07, 6.45) is 1.30. The first-order valence-electron chi connectivity index (χ1n) is 4.56. The Hall–Kier alpha value is -1.09. The number of ether oxygens (including phenoxy) is 1. The van der Waals surface area contributed by atoms with E-state index in [1.54, 1.807) is 13.8 Å². The number of halogens is 1. The smallest absolute Gasteiger partial charge is 0.304 e. The van der Waals surface area contributed by atoms with Crippen molar-refractivity contribution in [2.75, 3.05) is 0 Å². The Labute approximate surface area is 93.7 Å². The molecule has 1 rings (SSSR count). The van der Waals surface area contributed by atoms with Gasteiger partial charge in [0.25, 0.3) is 0 Å². The fourth-order valence-corrected chi connectivity index (χ4v) is 2.07. The van der Waals surface area contributed by atoms with Crippen molar-refractivity contribution in [1.82, 2.24) is 0 Å². The minimum Gasteiger partial charge on any atom is -0.445 e. The summed E-state index contributed by atoms with van der Waals surface area (Å²) in [5, 5.41) is -0.661. The maximum atomic E-state index is 11.9. The third-order valence-electron chi connectivity index (χ3n) is 2.66. The number of hydrogen-bond donors (Lipinski definition) is 0. The van der Waals surface area contributed by atoms with Crippen LogP contribution >= 0.6 is 11.6 Å². The fourth-order valence-electron chi connectivity index (χ4n) is 1.67. The van der Waals surface area contributed by atoms with E-state index in [4.69, 9.17) is 16.3 Å². The molecule has 0 aromatic carbocycles. The monoisotopic (exact) mass is 228 g/mol. The van der Waals surface area contributed by atoms with Gasteiger partial charge in [-0.05, 0) is 31.1 Å². The van der Waals surface area contributed by atoms with Crippen LogP contribution in [0.4, 0.5) is 0 Å². The number of Topliss-reactive ketones (excluding diaryl/α,β-unsaturated/α-hetero) is 1. The summed E-state index contributed by atoms with van der Waals surface area (Å²) in [5.74, 6) is -0.832. The van der Waals surface area contributed by atoms with Crippen LogP contribution in [0.1, 0.15) is 20.8 Å². The van der Waals surface area contributed by atoms with Gasteiger partial charge in [0.1, 0.15) is 5.38 Å². The topological polar surface area (TPSA) is 43.4 Å². The van der Waals surface area contributed by atoms with Crippen LogP contribution in [-0.4, -0.2) is 22.7 Å². The van der Waals surface area contributed by atoms with Crippen LogP contribution in [0.25, 0.3) is 0 Å². The van der Waals surface area contributed by atoms with Crippen molar-refractivity contribution in [3.8, 4) is 0 Å². The van der Waals surface area contributed by atoms with Gasteiger partial charge in [-0.3, -0.25) is 9.59 Å². The lowest BCUT2D eigenvalue weighted by atomic mass is 9.97. The summed E-state index contributed by atoms with van der Waals surface area (Å²) < 4.78 is 5.03. The van der Waals surface area contributed by atoms with E-state index in [0.29, 0.717) is 5.57 Å². The highest BCUT2D eigenvalue weighted by Crippen LogP contribution is 2.39. The Kier molecular flexibility index (Phi) is 3.05. The number of carbonyl (C=O) groups is 2. The van der Waals surface area contributed by atoms with E-state index in [2.05, 4.69) is 6.58 Å². The quantitative estimate of drug-likeness (QED) is 0.413. The van der Waals surface area contributed by atoms with Gasteiger partial charge in [0.2, 0.25) is 11.4 Å². The average Bonchev–Trinajstić information content (AvgIpc) is 2.33. The molecule has 1 aliphatic rings. The molecule has 4 heteroatoms. The molecule has 0 amide bonds. The van der Waals surface area contributed by atoms with Crippen molar-refractivity contribution >= 4 is 23.4 Å². The summed E-state index contributed by atoms with van der Waals surface area (Å²) in [5.41, 5.74) is -0.152. The van der Waals surface area contributed by atoms with Gasteiger partial charge in [-0.1, -0.05) is 6.58 Å². The molecule has 0 bridgehead atoms. The molecule has 0 radical (unpaired) electrons. The van der Waals surface area contributed by atoms with Crippen LogP contribution < -0.4 is 0 Å². The summed E-state index contributed by atoms with van der Waals surface area (Å²) in [7, 11) is 0. The minimum atomic E-state index is -1.42. The molecule has 2 atom stereocenters. The van der Waals surface area contributed by atoms with E-state index >= 15 is 0 Å². The number of carbonyl (C=O) groups excluding carboxylic acids is 2. The molecular weight excluding hydrogens is 216 g/mol. The Bertz CT molecular complexity index is 370. The van der Waals surface area contributed by atoms with Gasteiger partial charge in [-0.15, -0.1) is 11.6 Å². The standard InChI is InChI=1S/C11H13ClO3/c1-5-11(15-8(4)13)9(12)6(2)7(3)10(11)14/h5,9H,1H2,2-4H3/t9-,11-/m0/s1. The second-order valence-corrected chi connectivity index (χ2v) is 4.03. The van der Waals surface area contributed by atoms with Gasteiger partial charge in [0, 0.05) is 6.92 Å². The molecule has 0 heterocycles. The van der Waals surface area contributed by atoms with E-state index in [-0.39, 0.29) is 5.78 Å². The molecule has 3 nitrogen and oxygen atoms in total. The maximum Gasteiger partial charge on any atom is 0.304 e. The molecule has 0 aromatic heterocycles. The highest BCUT2D eigenvalue weighted by atomic mass is 35.5. The van der Waals surface area contributed by atoms with Crippen LogP contribution in [0.2, 0.25) is 0 Å². The van der Waals surface area contributed by atoms with E-state index < -0.39 is 16.9 Å². The third-order valence-corrected chi connectivity index (χ3v) is 3.31. The molecule has 15 heavy (non-hydrogen) atoms. The van der Waals surface area contributed by atoms with Crippen molar-refractivity contribution < 1.29 is 14.3 Å². The number of hydrogen-bond acceptors (Lipinski definition) is 3. The summed E-state index contributed by atoms with van der Waals surface area (Å²) in [6, 6.07) is 0. The van der Waals surface area contributed by atoms with Gasteiger partial charge in [0.15, 0.2) is 0 Å². The average molecular weight is 229 g/mol. The van der Waals surface area contributed by atoms with Crippen molar-refractivity contribution in [3.05, 3.63) is 23.8 Å². The largest absolute Gasteiger partial charge is 0.445 e. The molecular formula is C11H13ClO3. The van der Waals surface area contributed by atoms with Crippen LogP contribution in [0.15, 0.2) is 23.8 Å². The SMILES string of the molecule is C=C[C@@]1(OC(C)=O)C(=O)C(C)=C(C)[C@@H]1Cl. The van der Waals surface area contributed by atoms with E-state index in [9.17, 15) is 9.59 Å². The predicted molar refractivity (Wildman–Crippen MR) is 57.7 cm³/mol. The molecule has 82 valence electrons. The van der Waals surface area contributed by atoms with Gasteiger partial charge < -0.3 is 4.74 Å². The van der Waals surface area contributed by atoms with Gasteiger partial charge in [0.05, 0.1) is 0 Å². The van der Waals surface area contributed by atoms with Crippen LogP contribution in [0.5, 0.6) is 0 Å². The lowest BCUT2D eigenvalue weighted by Gasteiger charge is -2.27. The zero-order valence-corrected chi connectivity index (χ0v) is 9.72. The number of alkyl halides is 1. The van der Waals surface area contributed by atoms with Crippen LogP contribution in [-0.2, 0) is 14.3 Å². The first kappa shape index (κ1) is 12.0. The molecule has 1 aliphatic carbocycles. The van der Waals surface area contributed by atoms with Crippen LogP contribution in [0.3, 0.4) is 0 Å². The summed E-state index contributed by atoms with van der Waals surface area (Å²) in [4.78, 5) is 22.9. The molecule has 0 unspecified atom stereocenters. The first-order chi connectivity index (χ1) is 6.86. The molecule has 0 saturated carbocycles. The predicted octanol–water partition coefficient (Wildman–Crippen LogP) is 2.00. The van der Waals surface area contributed by atoms with E-state index in [0.717, 1.165) is 5.57 Å². The normalized spacial score (nSPS) is 30.7. The lowest BCUT2D eigenvalue weighted by molar-refractivity contribution is -0.157. The Morgan fingerprint density at radius 3 is 2.40 bits per heavy atom. The number of esters is 1. The molecule has 0 N–H and O–H groups in total. The van der Waals surface area contributed by atoms with Crippen molar-refractivity contribution in [2.24, 2.45) is 0 Å². The van der Waals surface area contributed by atoms with E-state index in [1.165, 1.54) is 13.0 Å². The van der Waals surface area contributed by atoms with Crippen molar-refractivity contribution in [2.45, 2.75) is 31.7 Å². The number of ketones is 1. The third kappa shape index (κ3) is 1.61.